The summed E-state index contributed by atoms with van der Waals surface area (Å²) in [6.45, 7) is 2.09. The molecule has 0 radical (unpaired) electrons. The van der Waals surface area contributed by atoms with Crippen LogP contribution in [0.15, 0.2) is 47.9 Å². The van der Waals surface area contributed by atoms with Gasteiger partial charge in [0.25, 0.3) is 5.91 Å². The van der Waals surface area contributed by atoms with Crippen LogP contribution in [0.5, 0.6) is 0 Å². The first-order valence-corrected chi connectivity index (χ1v) is 8.58. The summed E-state index contributed by atoms with van der Waals surface area (Å²) in [6, 6.07) is 5.85. The van der Waals surface area contributed by atoms with Crippen molar-refractivity contribution in [2.24, 2.45) is 11.6 Å². The van der Waals surface area contributed by atoms with Gasteiger partial charge in [0, 0.05) is 13.0 Å². The lowest BCUT2D eigenvalue weighted by atomic mass is 10.0. The monoisotopic (exact) mass is 393 g/mol. The highest BCUT2D eigenvalue weighted by molar-refractivity contribution is 6.33. The lowest BCUT2D eigenvalue weighted by Gasteiger charge is -2.37. The van der Waals surface area contributed by atoms with Gasteiger partial charge >= 0.3 is 0 Å². The maximum atomic E-state index is 13.2. The minimum absolute atomic E-state index is 0.0384. The zero-order valence-corrected chi connectivity index (χ0v) is 15.3. The summed E-state index contributed by atoms with van der Waals surface area (Å²) in [4.78, 5) is 18.3. The van der Waals surface area contributed by atoms with Gasteiger partial charge in [-0.05, 0) is 37.3 Å². The lowest BCUT2D eigenvalue weighted by Crippen LogP contribution is -2.49. The maximum Gasteiger partial charge on any atom is 0.255 e. The fourth-order valence-corrected chi connectivity index (χ4v) is 3.22. The fourth-order valence-electron chi connectivity index (χ4n) is 2.98. The summed E-state index contributed by atoms with van der Waals surface area (Å²) >= 11 is 6.00. The molecule has 0 saturated heterocycles. The number of rotatable bonds is 3. The third kappa shape index (κ3) is 3.72. The molecule has 0 spiro atoms. The maximum absolute atomic E-state index is 13.2. The van der Waals surface area contributed by atoms with E-state index in [9.17, 15) is 13.6 Å². The van der Waals surface area contributed by atoms with Gasteiger partial charge in [-0.25, -0.2) is 19.6 Å². The van der Waals surface area contributed by atoms with Crippen LogP contribution in [0.25, 0.3) is 0 Å². The highest BCUT2D eigenvalue weighted by Gasteiger charge is 2.32. The third-order valence-electron chi connectivity index (χ3n) is 4.51. The first kappa shape index (κ1) is 19.1. The first-order valence-electron chi connectivity index (χ1n) is 8.20. The molecule has 2 aromatic rings. The van der Waals surface area contributed by atoms with Crippen LogP contribution in [-0.2, 0) is 0 Å². The van der Waals surface area contributed by atoms with Crippen molar-refractivity contribution in [1.29, 1.82) is 0 Å². The van der Waals surface area contributed by atoms with Crippen LogP contribution < -0.4 is 16.6 Å². The average Bonchev–Trinajstić information content (AvgIpc) is 2.63. The second-order valence-electron chi connectivity index (χ2n) is 6.16. The number of nitrogens with two attached hydrogens (primary N) is 2. The molecule has 1 amide bonds. The van der Waals surface area contributed by atoms with Gasteiger partial charge in [0.05, 0.1) is 34.2 Å². The van der Waals surface area contributed by atoms with E-state index in [1.807, 2.05) is 0 Å². The van der Waals surface area contributed by atoms with E-state index in [0.29, 0.717) is 30.2 Å². The number of nitrogens with zero attached hydrogens (tertiary/aromatic N) is 3. The van der Waals surface area contributed by atoms with Crippen molar-refractivity contribution in [2.45, 2.75) is 19.4 Å². The molecule has 142 valence electrons. The molecular formula is C18H18ClF2N5O. The van der Waals surface area contributed by atoms with Gasteiger partial charge in [-0.1, -0.05) is 11.6 Å². The molecule has 0 aliphatic carbocycles. The summed E-state index contributed by atoms with van der Waals surface area (Å²) in [5.74, 6) is 5.09. The standard InChI is InChI=1S/C18H18ClF2N5O/c1-10-17(22)15(26(23)16-5-3-12(21)9-24-16)6-7-25(10)18(27)13-4-2-11(20)8-14(13)19/h2-5,8-10H,6-7,22-23H2,1H3. The second-order valence-corrected chi connectivity index (χ2v) is 6.56. The largest absolute Gasteiger partial charge is 0.399 e. The summed E-state index contributed by atoms with van der Waals surface area (Å²) in [6.07, 6.45) is 1.43. The van der Waals surface area contributed by atoms with Crippen molar-refractivity contribution in [3.05, 3.63) is 70.1 Å². The molecule has 3 rings (SSSR count). The third-order valence-corrected chi connectivity index (χ3v) is 4.82. The molecule has 1 atom stereocenters. The van der Waals surface area contributed by atoms with Crippen molar-refractivity contribution >= 4 is 23.3 Å². The van der Waals surface area contributed by atoms with E-state index in [1.165, 1.54) is 29.3 Å². The smallest absolute Gasteiger partial charge is 0.255 e. The van der Waals surface area contributed by atoms with E-state index in [1.54, 1.807) is 11.8 Å². The molecule has 0 bridgehead atoms. The predicted molar refractivity (Wildman–Crippen MR) is 98.6 cm³/mol. The predicted octanol–water partition coefficient (Wildman–Crippen LogP) is 2.80. The highest BCUT2D eigenvalue weighted by atomic mass is 35.5. The van der Waals surface area contributed by atoms with E-state index in [2.05, 4.69) is 4.98 Å². The number of hydrogen-bond acceptors (Lipinski definition) is 5. The molecule has 6 nitrogen and oxygen atoms in total. The van der Waals surface area contributed by atoms with Gasteiger partial charge < -0.3 is 10.6 Å². The Morgan fingerprint density at radius 2 is 2.00 bits per heavy atom. The van der Waals surface area contributed by atoms with Gasteiger partial charge in [0.1, 0.15) is 17.5 Å². The Balaban J connectivity index is 1.85. The number of anilines is 1. The van der Waals surface area contributed by atoms with Crippen LogP contribution in [0, 0.1) is 11.6 Å². The summed E-state index contributed by atoms with van der Waals surface area (Å²) in [5, 5.41) is 1.33. The van der Waals surface area contributed by atoms with Crippen molar-refractivity contribution in [3.8, 4) is 0 Å². The molecule has 1 aliphatic heterocycles. The highest BCUT2D eigenvalue weighted by Crippen LogP contribution is 2.28. The Hall–Kier alpha value is -2.71. The fraction of sp³-hybridized carbons (Fsp3) is 0.222. The quantitative estimate of drug-likeness (QED) is 0.618. The Morgan fingerprint density at radius 1 is 1.30 bits per heavy atom. The van der Waals surface area contributed by atoms with Gasteiger partial charge in [0.15, 0.2) is 0 Å². The van der Waals surface area contributed by atoms with E-state index in [0.717, 1.165) is 12.3 Å². The number of aromatic nitrogens is 1. The summed E-state index contributed by atoms with van der Waals surface area (Å²) < 4.78 is 26.3. The molecule has 1 aromatic heterocycles. The van der Waals surface area contributed by atoms with Gasteiger partial charge in [-0.3, -0.25) is 9.80 Å². The first-order chi connectivity index (χ1) is 12.8. The molecular weight excluding hydrogens is 376 g/mol. The van der Waals surface area contributed by atoms with E-state index >= 15 is 0 Å². The number of carbonyl (C=O) groups excluding carboxylic acids is 1. The zero-order chi connectivity index (χ0) is 19.7. The van der Waals surface area contributed by atoms with Crippen LogP contribution in [0.4, 0.5) is 14.6 Å². The number of pyridine rings is 1. The Morgan fingerprint density at radius 3 is 2.63 bits per heavy atom. The topological polar surface area (TPSA) is 88.5 Å². The van der Waals surface area contributed by atoms with Crippen molar-refractivity contribution < 1.29 is 13.6 Å². The second kappa shape index (κ2) is 7.50. The molecule has 2 heterocycles. The van der Waals surface area contributed by atoms with E-state index in [-0.39, 0.29) is 16.5 Å². The number of hydrazine groups is 1. The number of halogens is 3. The summed E-state index contributed by atoms with van der Waals surface area (Å²) in [5.41, 5.74) is 7.41. The Bertz CT molecular complexity index is 903. The van der Waals surface area contributed by atoms with Crippen LogP contribution in [-0.4, -0.2) is 28.4 Å². The Kier molecular flexibility index (Phi) is 5.29. The lowest BCUT2D eigenvalue weighted by molar-refractivity contribution is 0.0704. The molecule has 4 N–H and O–H groups in total. The minimum Gasteiger partial charge on any atom is -0.399 e. The molecule has 1 unspecified atom stereocenters. The van der Waals surface area contributed by atoms with Crippen LogP contribution in [0.2, 0.25) is 5.02 Å². The van der Waals surface area contributed by atoms with E-state index in [4.69, 9.17) is 23.2 Å². The summed E-state index contributed by atoms with van der Waals surface area (Å²) in [7, 11) is 0. The van der Waals surface area contributed by atoms with E-state index < -0.39 is 17.7 Å². The minimum atomic E-state index is -0.518. The number of carbonyl (C=O) groups is 1. The SMILES string of the molecule is CC1C(N)=C(N(N)c2ccc(F)cn2)CCN1C(=O)c1ccc(F)cc1Cl. The Labute approximate surface area is 160 Å². The normalized spacial score (nSPS) is 17.2. The molecule has 9 heteroatoms. The van der Waals surface area contributed by atoms with Crippen molar-refractivity contribution in [1.82, 2.24) is 9.88 Å². The number of benzene rings is 1. The van der Waals surface area contributed by atoms with Crippen LogP contribution >= 0.6 is 11.6 Å². The van der Waals surface area contributed by atoms with Crippen molar-refractivity contribution in [3.63, 3.8) is 0 Å². The molecule has 1 aromatic carbocycles. The molecule has 0 fully saturated rings. The van der Waals surface area contributed by atoms with Crippen LogP contribution in [0.3, 0.4) is 0 Å². The van der Waals surface area contributed by atoms with Crippen LogP contribution in [0.1, 0.15) is 23.7 Å². The van der Waals surface area contributed by atoms with Gasteiger partial charge in [0.2, 0.25) is 0 Å². The average molecular weight is 394 g/mol. The molecule has 0 saturated carbocycles. The number of hydrogen-bond donors (Lipinski definition) is 2. The molecule has 27 heavy (non-hydrogen) atoms. The van der Waals surface area contributed by atoms with Gasteiger partial charge in [-0.2, -0.15) is 0 Å². The van der Waals surface area contributed by atoms with Crippen molar-refractivity contribution in [2.75, 3.05) is 11.6 Å². The molecule has 1 aliphatic rings. The number of amides is 1. The van der Waals surface area contributed by atoms with Gasteiger partial charge in [-0.15, -0.1) is 0 Å². The zero-order valence-electron chi connectivity index (χ0n) is 14.5.